The van der Waals surface area contributed by atoms with Gasteiger partial charge in [-0.1, -0.05) is 97.1 Å². The second kappa shape index (κ2) is 11.7. The topological polar surface area (TPSA) is 52.6 Å². The van der Waals surface area contributed by atoms with Gasteiger partial charge in [0.2, 0.25) is 0 Å². The van der Waals surface area contributed by atoms with Crippen LogP contribution < -0.4 is 9.47 Å². The van der Waals surface area contributed by atoms with E-state index in [0.29, 0.717) is 11.5 Å². The molecule has 0 fully saturated rings. The lowest BCUT2D eigenvalue weighted by atomic mass is 10.1. The molecule has 4 nitrogen and oxygen atoms in total. The molecule has 4 aromatic carbocycles. The van der Waals surface area contributed by atoms with Gasteiger partial charge in [0.1, 0.15) is 17.9 Å². The summed E-state index contributed by atoms with van der Waals surface area (Å²) in [5, 5.41) is 0. The Morgan fingerprint density at radius 1 is 0.452 bits per heavy atom. The van der Waals surface area contributed by atoms with E-state index in [0.717, 1.165) is 0 Å². The Morgan fingerprint density at radius 3 is 1.06 bits per heavy atom. The van der Waals surface area contributed by atoms with E-state index in [9.17, 15) is 9.59 Å². The minimum absolute atomic E-state index is 0.403. The molecule has 0 amide bonds. The molecule has 0 aromatic heterocycles. The van der Waals surface area contributed by atoms with Crippen LogP contribution in [0.3, 0.4) is 0 Å². The lowest BCUT2D eigenvalue weighted by Gasteiger charge is -2.04. The van der Waals surface area contributed by atoms with E-state index in [-0.39, 0.29) is 0 Å². The van der Waals surface area contributed by atoms with Gasteiger partial charge in [0.05, 0.1) is 0 Å². The van der Waals surface area contributed by atoms with Crippen LogP contribution in [0.2, 0.25) is 0 Å². The molecule has 0 aliphatic rings. The van der Waals surface area contributed by atoms with Crippen molar-refractivity contribution in [2.75, 3.05) is 0 Å². The summed E-state index contributed by atoms with van der Waals surface area (Å²) in [4.78, 5) is 23.0. The van der Waals surface area contributed by atoms with Crippen molar-refractivity contribution in [2.24, 2.45) is 0 Å². The van der Waals surface area contributed by atoms with Crippen LogP contribution in [0.15, 0.2) is 121 Å². The van der Waals surface area contributed by atoms with Gasteiger partial charge in [-0.3, -0.25) is 9.59 Å². The predicted molar refractivity (Wildman–Crippen MR) is 121 cm³/mol. The number of carbonyl (C=O) groups excluding carboxylic acids is 2. The molecule has 0 radical (unpaired) electrons. The lowest BCUT2D eigenvalue weighted by Crippen LogP contribution is -2.18. The van der Waals surface area contributed by atoms with Crippen molar-refractivity contribution in [1.29, 1.82) is 0 Å². The molecule has 4 rings (SSSR count). The van der Waals surface area contributed by atoms with Crippen LogP contribution in [0.1, 0.15) is 6.42 Å². The van der Waals surface area contributed by atoms with Crippen molar-refractivity contribution in [2.45, 2.75) is 6.42 Å². The van der Waals surface area contributed by atoms with Crippen molar-refractivity contribution < 1.29 is 19.1 Å². The van der Waals surface area contributed by atoms with E-state index < -0.39 is 18.4 Å². The van der Waals surface area contributed by atoms with Crippen molar-refractivity contribution in [3.05, 3.63) is 121 Å². The van der Waals surface area contributed by atoms with Crippen molar-refractivity contribution in [1.82, 2.24) is 0 Å². The first-order chi connectivity index (χ1) is 15.2. The molecule has 154 valence electrons. The van der Waals surface area contributed by atoms with Gasteiger partial charge < -0.3 is 9.47 Å². The molecule has 0 aliphatic carbocycles. The average Bonchev–Trinajstić information content (AvgIpc) is 2.82. The third kappa shape index (κ3) is 7.63. The van der Waals surface area contributed by atoms with E-state index in [1.165, 1.54) is 11.1 Å². The Balaban J connectivity index is 0.000000194. The van der Waals surface area contributed by atoms with Crippen molar-refractivity contribution in [3.8, 4) is 22.6 Å². The molecule has 0 N–H and O–H groups in total. The fourth-order valence-electron chi connectivity index (χ4n) is 2.69. The maximum Gasteiger partial charge on any atom is 0.322 e. The Morgan fingerprint density at radius 2 is 0.742 bits per heavy atom. The fraction of sp³-hybridized carbons (Fsp3) is 0.0370. The third-order valence-electron chi connectivity index (χ3n) is 4.12. The summed E-state index contributed by atoms with van der Waals surface area (Å²) in [6, 6.07) is 37.9. The van der Waals surface area contributed by atoms with Crippen LogP contribution in [0.5, 0.6) is 11.5 Å². The first-order valence-corrected chi connectivity index (χ1v) is 9.82. The first kappa shape index (κ1) is 21.5. The number of ether oxygens (including phenoxy) is 2. The van der Waals surface area contributed by atoms with Crippen LogP contribution in [0.25, 0.3) is 11.1 Å². The number of para-hydroxylation sites is 2. The van der Waals surface area contributed by atoms with Crippen LogP contribution >= 0.6 is 0 Å². The molecular weight excluding hydrogens is 388 g/mol. The van der Waals surface area contributed by atoms with Crippen LogP contribution in [0, 0.1) is 0 Å². The van der Waals surface area contributed by atoms with Gasteiger partial charge in [0.25, 0.3) is 0 Å². The highest BCUT2D eigenvalue weighted by Gasteiger charge is 2.13. The molecule has 0 saturated heterocycles. The van der Waals surface area contributed by atoms with E-state index in [4.69, 9.17) is 9.47 Å². The molecule has 0 bridgehead atoms. The van der Waals surface area contributed by atoms with Gasteiger partial charge in [-0.25, -0.2) is 0 Å². The molecule has 4 aromatic rings. The number of hydrogen-bond acceptors (Lipinski definition) is 4. The molecule has 0 unspecified atom stereocenters. The minimum Gasteiger partial charge on any atom is -0.426 e. The fourth-order valence-corrected chi connectivity index (χ4v) is 2.69. The molecule has 0 atom stereocenters. The van der Waals surface area contributed by atoms with Crippen molar-refractivity contribution >= 4 is 11.9 Å². The monoisotopic (exact) mass is 410 g/mol. The molecular formula is C27H22O4. The Kier molecular flexibility index (Phi) is 8.15. The lowest BCUT2D eigenvalue weighted by molar-refractivity contribution is -0.144. The zero-order valence-electron chi connectivity index (χ0n) is 16.9. The highest BCUT2D eigenvalue weighted by atomic mass is 16.6. The second-order valence-corrected chi connectivity index (χ2v) is 6.48. The molecule has 0 saturated carbocycles. The summed E-state index contributed by atoms with van der Waals surface area (Å²) >= 11 is 0. The first-order valence-electron chi connectivity index (χ1n) is 9.82. The maximum absolute atomic E-state index is 11.5. The maximum atomic E-state index is 11.5. The van der Waals surface area contributed by atoms with E-state index in [2.05, 4.69) is 48.5 Å². The van der Waals surface area contributed by atoms with E-state index in [1.807, 2.05) is 12.1 Å². The van der Waals surface area contributed by atoms with E-state index in [1.54, 1.807) is 60.7 Å². The Bertz CT molecular complexity index is 974. The molecule has 0 spiro atoms. The molecule has 0 heterocycles. The SMILES string of the molecule is O=C(CC(=O)Oc1ccccc1)Oc1ccccc1.c1ccc(-c2ccccc2)cc1. The smallest absolute Gasteiger partial charge is 0.322 e. The number of esters is 2. The Labute approximate surface area is 181 Å². The van der Waals surface area contributed by atoms with Crippen LogP contribution in [-0.4, -0.2) is 11.9 Å². The Hall–Kier alpha value is -4.18. The summed E-state index contributed by atoms with van der Waals surface area (Å²) in [7, 11) is 0. The minimum atomic E-state index is -0.646. The highest BCUT2D eigenvalue weighted by Crippen LogP contribution is 2.17. The van der Waals surface area contributed by atoms with Gasteiger partial charge >= 0.3 is 11.9 Å². The van der Waals surface area contributed by atoms with Crippen LogP contribution in [0.4, 0.5) is 0 Å². The molecule has 4 heteroatoms. The third-order valence-corrected chi connectivity index (χ3v) is 4.12. The summed E-state index contributed by atoms with van der Waals surface area (Å²) in [6.07, 6.45) is -0.427. The quantitative estimate of drug-likeness (QED) is 0.232. The predicted octanol–water partition coefficient (Wildman–Crippen LogP) is 5.94. The summed E-state index contributed by atoms with van der Waals surface area (Å²) < 4.78 is 9.97. The van der Waals surface area contributed by atoms with Gasteiger partial charge in [-0.05, 0) is 35.4 Å². The normalized spacial score (nSPS) is 9.68. The highest BCUT2D eigenvalue weighted by molar-refractivity contribution is 5.93. The number of rotatable bonds is 5. The standard InChI is InChI=1S/C15H12O4.C12H10/c16-14(18-12-7-3-1-4-8-12)11-15(17)19-13-9-5-2-6-10-13;1-3-7-11(8-4-1)12-9-5-2-6-10-12/h1-10H,11H2;1-10H. The second-order valence-electron chi connectivity index (χ2n) is 6.48. The number of hydrogen-bond donors (Lipinski definition) is 0. The van der Waals surface area contributed by atoms with Gasteiger partial charge in [-0.15, -0.1) is 0 Å². The van der Waals surface area contributed by atoms with Crippen LogP contribution in [-0.2, 0) is 9.59 Å². The molecule has 0 aliphatic heterocycles. The molecule has 31 heavy (non-hydrogen) atoms. The van der Waals surface area contributed by atoms with Crippen molar-refractivity contribution in [3.63, 3.8) is 0 Å². The zero-order valence-corrected chi connectivity index (χ0v) is 16.9. The van der Waals surface area contributed by atoms with Gasteiger partial charge in [-0.2, -0.15) is 0 Å². The number of carbonyl (C=O) groups is 2. The van der Waals surface area contributed by atoms with E-state index >= 15 is 0 Å². The largest absolute Gasteiger partial charge is 0.426 e. The average molecular weight is 410 g/mol. The summed E-state index contributed by atoms with van der Waals surface area (Å²) in [5.41, 5.74) is 2.55. The summed E-state index contributed by atoms with van der Waals surface area (Å²) in [6.45, 7) is 0. The summed E-state index contributed by atoms with van der Waals surface area (Å²) in [5.74, 6) is -0.487. The number of benzene rings is 4. The van der Waals surface area contributed by atoms with Gasteiger partial charge in [0.15, 0.2) is 0 Å². The van der Waals surface area contributed by atoms with Gasteiger partial charge in [0, 0.05) is 0 Å². The zero-order chi connectivity index (χ0) is 21.7.